The number of anilines is 1. The predicted octanol–water partition coefficient (Wildman–Crippen LogP) is 6.52. The Morgan fingerprint density at radius 2 is 1.81 bits per heavy atom. The Labute approximate surface area is 286 Å². The maximum Gasteiger partial charge on any atom is 0.411 e. The van der Waals surface area contributed by atoms with Crippen LogP contribution >= 0.6 is 0 Å². The van der Waals surface area contributed by atoms with Gasteiger partial charge in [-0.25, -0.2) is 9.18 Å². The molecule has 260 valence electrons. The van der Waals surface area contributed by atoms with Gasteiger partial charge in [-0.1, -0.05) is 43.2 Å². The molecule has 1 aliphatic heterocycles. The Morgan fingerprint density at radius 3 is 2.42 bits per heavy atom. The average molecular weight is 681 g/mol. The Bertz CT molecular complexity index is 1540. The van der Waals surface area contributed by atoms with Gasteiger partial charge in [0.15, 0.2) is 0 Å². The first kappa shape index (κ1) is 36.0. The van der Waals surface area contributed by atoms with Gasteiger partial charge in [0, 0.05) is 36.1 Å². The van der Waals surface area contributed by atoms with E-state index in [-0.39, 0.29) is 24.6 Å². The Morgan fingerprint density at radius 1 is 1.10 bits per heavy atom. The van der Waals surface area contributed by atoms with E-state index in [2.05, 4.69) is 15.0 Å². The van der Waals surface area contributed by atoms with E-state index in [4.69, 9.17) is 4.74 Å². The van der Waals surface area contributed by atoms with Crippen molar-refractivity contribution in [1.82, 2.24) is 14.6 Å². The lowest BCUT2D eigenvalue weighted by Gasteiger charge is -2.39. The second kappa shape index (κ2) is 13.9. The van der Waals surface area contributed by atoms with Gasteiger partial charge >= 0.3 is 6.09 Å². The summed E-state index contributed by atoms with van der Waals surface area (Å²) in [4.78, 5) is 32.9. The van der Waals surface area contributed by atoms with Crippen molar-refractivity contribution in [2.45, 2.75) is 108 Å². The van der Waals surface area contributed by atoms with E-state index >= 15 is 4.39 Å². The third-order valence-corrected chi connectivity index (χ3v) is 11.0. The number of nitrogens with one attached hydrogen (secondary N) is 2. The molecule has 0 spiro atoms. The fourth-order valence-corrected chi connectivity index (χ4v) is 7.37. The van der Waals surface area contributed by atoms with E-state index in [0.717, 1.165) is 24.8 Å². The number of benzene rings is 1. The summed E-state index contributed by atoms with van der Waals surface area (Å²) in [6.07, 6.45) is 14.4. The number of hydrogen-bond acceptors (Lipinski definition) is 7. The number of carbonyl (C=O) groups excluding carboxylic acids is 2. The summed E-state index contributed by atoms with van der Waals surface area (Å²) in [5.74, 6) is -1.05. The highest BCUT2D eigenvalue weighted by atomic mass is 32.2. The molecule has 0 bridgehead atoms. The maximum atomic E-state index is 15.6. The highest BCUT2D eigenvalue weighted by molar-refractivity contribution is 7.90. The number of rotatable bonds is 10. The van der Waals surface area contributed by atoms with Crippen LogP contribution in [0.25, 0.3) is 0 Å². The second-order valence-corrected chi connectivity index (χ2v) is 17.3. The summed E-state index contributed by atoms with van der Waals surface area (Å²) in [6.45, 7) is 10.8. The number of aromatic nitrogens is 1. The van der Waals surface area contributed by atoms with E-state index in [0.29, 0.717) is 24.3 Å². The van der Waals surface area contributed by atoms with Crippen LogP contribution in [0.15, 0.2) is 67.0 Å². The van der Waals surface area contributed by atoms with Gasteiger partial charge in [0.2, 0.25) is 5.91 Å². The van der Waals surface area contributed by atoms with E-state index < -0.39 is 56.7 Å². The molecule has 1 aromatic carbocycles. The molecular weight excluding hydrogens is 631 g/mol. The number of likely N-dealkylation sites (tertiary alicyclic amines) is 1. The van der Waals surface area contributed by atoms with Crippen LogP contribution in [0.2, 0.25) is 0 Å². The van der Waals surface area contributed by atoms with Crippen LogP contribution in [0.5, 0.6) is 0 Å². The summed E-state index contributed by atoms with van der Waals surface area (Å²) >= 11 is -1.50. The Kier molecular flexibility index (Phi) is 10.5. The van der Waals surface area contributed by atoms with Crippen LogP contribution in [0.4, 0.5) is 14.9 Å². The van der Waals surface area contributed by atoms with Crippen molar-refractivity contribution >= 4 is 29.0 Å². The molecule has 5 rings (SSSR count). The van der Waals surface area contributed by atoms with E-state index in [1.807, 2.05) is 57.2 Å². The zero-order valence-electron chi connectivity index (χ0n) is 28.8. The number of halogens is 1. The first-order chi connectivity index (χ1) is 22.5. The Balaban J connectivity index is 1.50. The van der Waals surface area contributed by atoms with Gasteiger partial charge in [-0.2, -0.15) is 0 Å². The highest BCUT2D eigenvalue weighted by Crippen LogP contribution is 2.43. The molecule has 2 heterocycles. The van der Waals surface area contributed by atoms with Crippen molar-refractivity contribution in [2.75, 3.05) is 11.9 Å². The molecule has 2 fully saturated rings. The molecule has 2 aromatic rings. The minimum atomic E-state index is -1.50. The first-order valence-corrected chi connectivity index (χ1v) is 17.9. The van der Waals surface area contributed by atoms with Crippen molar-refractivity contribution in [2.24, 2.45) is 11.8 Å². The van der Waals surface area contributed by atoms with Crippen molar-refractivity contribution in [3.05, 3.63) is 84.0 Å². The fraction of sp³-hybridized carbons (Fsp3) is 0.541. The summed E-state index contributed by atoms with van der Waals surface area (Å²) in [7, 11) is 0. The molecule has 2 aliphatic carbocycles. The summed E-state index contributed by atoms with van der Waals surface area (Å²) in [5.41, 5.74) is -1.81. The van der Waals surface area contributed by atoms with Gasteiger partial charge in [0.05, 0.1) is 17.8 Å². The molecule has 3 unspecified atom stereocenters. The smallest absolute Gasteiger partial charge is 0.411 e. The molecule has 0 radical (unpaired) electrons. The standard InChI is InChI=1S/C37H49FN4O5S/c1-34(2,3)47-33(44)42-24-36(45,26-10-8-7-9-11-26)23-31(42)32(43)40-30-22-28(14-15-29(30)38)37(19-16-25-12-13-25,27-17-20-39-21-18-27)41-48(46)35(4,5)6/h7-10,14-15,17-18,20-22,25-26,31,41,45H,11-13,16,19,23-24H2,1-6H3,(H,40,43)/t26?,31-,36-,37?,48?/m1/s1. The number of nitrogens with zero attached hydrogens (tertiary/aromatic N) is 2. The molecule has 3 N–H and O–H groups in total. The van der Waals surface area contributed by atoms with Crippen molar-refractivity contribution in [3.8, 4) is 0 Å². The van der Waals surface area contributed by atoms with E-state index in [1.54, 1.807) is 45.3 Å². The van der Waals surface area contributed by atoms with Gasteiger partial charge in [0.1, 0.15) is 27.7 Å². The predicted molar refractivity (Wildman–Crippen MR) is 186 cm³/mol. The number of hydrogen-bond donors (Lipinski definition) is 3. The number of allylic oxidation sites excluding steroid dienone is 3. The molecule has 1 saturated carbocycles. The SMILES string of the molecule is CC(C)(C)OC(=O)N1C[C@@](O)(C2C=CC=CC2)C[C@@H]1C(=O)Nc1cc(C(CCC2CC2)(N[S+]([O-])C(C)(C)C)c2ccncc2)ccc1F. The minimum Gasteiger partial charge on any atom is -0.598 e. The van der Waals surface area contributed by atoms with E-state index in [1.165, 1.54) is 11.0 Å². The van der Waals surface area contributed by atoms with Crippen molar-refractivity contribution < 1.29 is 28.4 Å². The van der Waals surface area contributed by atoms with Crippen LogP contribution in [-0.2, 0) is 26.4 Å². The molecule has 11 heteroatoms. The third-order valence-electron chi connectivity index (χ3n) is 9.31. The van der Waals surface area contributed by atoms with Crippen LogP contribution in [0.1, 0.15) is 91.2 Å². The highest BCUT2D eigenvalue weighted by Gasteiger charge is 2.52. The molecule has 1 aromatic heterocycles. The van der Waals surface area contributed by atoms with E-state index in [9.17, 15) is 19.2 Å². The number of ether oxygens (including phenoxy) is 1. The van der Waals surface area contributed by atoms with Crippen LogP contribution < -0.4 is 10.0 Å². The average Bonchev–Trinajstić information content (AvgIpc) is 3.79. The van der Waals surface area contributed by atoms with Gasteiger partial charge in [0.25, 0.3) is 0 Å². The fourth-order valence-electron chi connectivity index (χ4n) is 6.41. The molecule has 1 saturated heterocycles. The van der Waals surface area contributed by atoms with Gasteiger partial charge < -0.3 is 19.7 Å². The maximum absolute atomic E-state index is 15.6. The Hall–Kier alpha value is -3.25. The monoisotopic (exact) mass is 680 g/mol. The lowest BCUT2D eigenvalue weighted by Crippen LogP contribution is -2.52. The second-order valence-electron chi connectivity index (χ2n) is 15.4. The zero-order valence-corrected chi connectivity index (χ0v) is 29.6. The van der Waals surface area contributed by atoms with Crippen LogP contribution in [0.3, 0.4) is 0 Å². The van der Waals surface area contributed by atoms with Crippen LogP contribution in [-0.4, -0.2) is 60.1 Å². The van der Waals surface area contributed by atoms with Crippen molar-refractivity contribution in [1.29, 1.82) is 0 Å². The lowest BCUT2D eigenvalue weighted by atomic mass is 9.79. The molecule has 2 amide bonds. The number of amides is 2. The zero-order chi connectivity index (χ0) is 34.9. The number of aliphatic hydroxyl groups is 1. The van der Waals surface area contributed by atoms with Gasteiger partial charge in [-0.05, 0) is 102 Å². The number of carbonyl (C=O) groups is 2. The first-order valence-electron chi connectivity index (χ1n) is 16.8. The topological polar surface area (TPSA) is 127 Å². The molecule has 48 heavy (non-hydrogen) atoms. The third kappa shape index (κ3) is 8.30. The summed E-state index contributed by atoms with van der Waals surface area (Å²) in [5, 5.41) is 14.5. The molecular formula is C37H49FN4O5S. The van der Waals surface area contributed by atoms with Gasteiger partial charge in [-0.15, -0.1) is 4.72 Å². The summed E-state index contributed by atoms with van der Waals surface area (Å²) < 4.78 is 37.8. The molecule has 5 atom stereocenters. The van der Waals surface area contributed by atoms with Gasteiger partial charge in [-0.3, -0.25) is 14.7 Å². The number of β-amino-alcohol motifs (C(OH)–C–C–N with tert-alkyl or cyclic N) is 1. The minimum absolute atomic E-state index is 0.0449. The number of pyridine rings is 1. The van der Waals surface area contributed by atoms with Crippen LogP contribution in [0, 0.1) is 17.7 Å². The quantitative estimate of drug-likeness (QED) is 0.244. The summed E-state index contributed by atoms with van der Waals surface area (Å²) in [6, 6.07) is 7.17. The normalized spacial score (nSPS) is 24.6. The lowest BCUT2D eigenvalue weighted by molar-refractivity contribution is -0.120. The largest absolute Gasteiger partial charge is 0.598 e. The molecule has 9 nitrogen and oxygen atoms in total. The van der Waals surface area contributed by atoms with Crippen molar-refractivity contribution in [3.63, 3.8) is 0 Å². The molecule has 3 aliphatic rings.